The molecule has 0 aliphatic carbocycles. The van der Waals surface area contributed by atoms with Gasteiger partial charge in [0.15, 0.2) is 0 Å². The van der Waals surface area contributed by atoms with Gasteiger partial charge in [-0.1, -0.05) is 13.8 Å². The van der Waals surface area contributed by atoms with E-state index in [4.69, 9.17) is 0 Å². The van der Waals surface area contributed by atoms with Gasteiger partial charge in [-0.2, -0.15) is 0 Å². The van der Waals surface area contributed by atoms with Gasteiger partial charge in [0.2, 0.25) is 5.91 Å². The molecule has 2 aromatic rings. The smallest absolute Gasteiger partial charge is 0.254 e. The third-order valence-corrected chi connectivity index (χ3v) is 5.03. The summed E-state index contributed by atoms with van der Waals surface area (Å²) in [7, 11) is 0. The Bertz CT molecular complexity index is 873. The van der Waals surface area contributed by atoms with E-state index in [0.717, 1.165) is 43.0 Å². The minimum Gasteiger partial charge on any atom is -0.355 e. The van der Waals surface area contributed by atoms with Crippen LogP contribution in [0.25, 0.3) is 11.4 Å². The molecule has 3 heterocycles. The van der Waals surface area contributed by atoms with Crippen LogP contribution in [0.2, 0.25) is 0 Å². The normalized spacial score (nSPS) is 17.2. The lowest BCUT2D eigenvalue weighted by Gasteiger charge is -2.34. The van der Waals surface area contributed by atoms with Crippen molar-refractivity contribution in [2.75, 3.05) is 18.0 Å². The van der Waals surface area contributed by atoms with E-state index in [0.29, 0.717) is 11.4 Å². The molecule has 3 rings (SSSR count). The van der Waals surface area contributed by atoms with Crippen molar-refractivity contribution in [3.63, 3.8) is 0 Å². The number of H-pyrrole nitrogens is 1. The second-order valence-corrected chi connectivity index (χ2v) is 7.48. The zero-order valence-corrected chi connectivity index (χ0v) is 16.4. The molecule has 0 aromatic carbocycles. The number of aryl methyl sites for hydroxylation is 1. The second kappa shape index (κ2) is 7.90. The summed E-state index contributed by atoms with van der Waals surface area (Å²) in [4.78, 5) is 37.9. The second-order valence-electron chi connectivity index (χ2n) is 7.48. The van der Waals surface area contributed by atoms with Gasteiger partial charge in [0.05, 0.1) is 0 Å². The van der Waals surface area contributed by atoms with Gasteiger partial charge in [-0.05, 0) is 38.8 Å². The molecule has 2 N–H and O–H groups in total. The van der Waals surface area contributed by atoms with E-state index in [9.17, 15) is 9.59 Å². The molecule has 2 aromatic heterocycles. The van der Waals surface area contributed by atoms with Crippen molar-refractivity contribution in [3.05, 3.63) is 39.9 Å². The lowest BCUT2D eigenvalue weighted by Crippen LogP contribution is -2.49. The van der Waals surface area contributed by atoms with Crippen molar-refractivity contribution >= 4 is 11.7 Å². The van der Waals surface area contributed by atoms with Gasteiger partial charge in [-0.25, -0.2) is 9.97 Å². The van der Waals surface area contributed by atoms with Crippen LogP contribution in [0.3, 0.4) is 0 Å². The molecule has 0 bridgehead atoms. The lowest BCUT2D eigenvalue weighted by atomic mass is 10.0. The number of piperidine rings is 1. The number of nitrogens with one attached hydrogen (secondary N) is 2. The molecule has 1 unspecified atom stereocenters. The van der Waals surface area contributed by atoms with Crippen molar-refractivity contribution in [2.45, 2.75) is 46.6 Å². The number of aromatic nitrogens is 3. The first-order chi connectivity index (χ1) is 12.8. The topological polar surface area (TPSA) is 91.0 Å². The average Bonchev–Trinajstić information content (AvgIpc) is 2.66. The number of hydrogen-bond acceptors (Lipinski definition) is 5. The predicted molar refractivity (Wildman–Crippen MR) is 106 cm³/mol. The first kappa shape index (κ1) is 19.1. The zero-order chi connectivity index (χ0) is 19.6. The van der Waals surface area contributed by atoms with E-state index >= 15 is 0 Å². The monoisotopic (exact) mass is 369 g/mol. The van der Waals surface area contributed by atoms with E-state index in [1.165, 1.54) is 0 Å². The fourth-order valence-electron chi connectivity index (χ4n) is 3.17. The van der Waals surface area contributed by atoms with Gasteiger partial charge in [0.25, 0.3) is 5.56 Å². The molecule has 144 valence electrons. The van der Waals surface area contributed by atoms with Gasteiger partial charge in [0.1, 0.15) is 11.6 Å². The first-order valence-electron chi connectivity index (χ1n) is 9.44. The van der Waals surface area contributed by atoms with Gasteiger partial charge in [0, 0.05) is 48.1 Å². The van der Waals surface area contributed by atoms with E-state index in [-0.39, 0.29) is 23.4 Å². The van der Waals surface area contributed by atoms with Gasteiger partial charge in [-0.15, -0.1) is 0 Å². The third-order valence-electron chi connectivity index (χ3n) is 5.03. The number of pyridine rings is 1. The number of rotatable bonds is 4. The van der Waals surface area contributed by atoms with Crippen LogP contribution in [0.4, 0.5) is 5.82 Å². The predicted octanol–water partition coefficient (Wildman–Crippen LogP) is 2.19. The Morgan fingerprint density at radius 3 is 2.74 bits per heavy atom. The Hall–Kier alpha value is -2.70. The highest BCUT2D eigenvalue weighted by Gasteiger charge is 2.23. The number of carbonyl (C=O) groups is 1. The van der Waals surface area contributed by atoms with Crippen molar-refractivity contribution in [3.8, 4) is 11.4 Å². The fourth-order valence-corrected chi connectivity index (χ4v) is 3.17. The summed E-state index contributed by atoms with van der Waals surface area (Å²) in [6.45, 7) is 9.07. The lowest BCUT2D eigenvalue weighted by molar-refractivity contribution is -0.124. The number of carbonyl (C=O) groups excluding carboxylic acids is 1. The molecule has 1 fully saturated rings. The highest BCUT2D eigenvalue weighted by atomic mass is 16.2. The molecule has 1 saturated heterocycles. The standard InChI is InChI=1S/C20H27N5O2/c1-12(2)19(26)23-16-6-5-9-25(11-16)17-8-7-15(10-21-17)18-22-14(4)13(3)20(27)24-18/h7-8,10,12,16H,5-6,9,11H2,1-4H3,(H,23,26)(H,22,24,27). The minimum absolute atomic E-state index is 0.00888. The molecule has 0 radical (unpaired) electrons. The summed E-state index contributed by atoms with van der Waals surface area (Å²) in [6, 6.07) is 4.01. The number of nitrogens with zero attached hydrogens (tertiary/aromatic N) is 3. The Balaban J connectivity index is 1.73. The number of hydrogen-bond donors (Lipinski definition) is 2. The van der Waals surface area contributed by atoms with Crippen LogP contribution in [-0.2, 0) is 4.79 Å². The Kier molecular flexibility index (Phi) is 5.58. The molecular formula is C20H27N5O2. The molecule has 0 spiro atoms. The molecule has 0 saturated carbocycles. The largest absolute Gasteiger partial charge is 0.355 e. The summed E-state index contributed by atoms with van der Waals surface area (Å²) >= 11 is 0. The van der Waals surface area contributed by atoms with E-state index in [1.807, 2.05) is 32.9 Å². The number of aromatic amines is 1. The van der Waals surface area contributed by atoms with Crippen LogP contribution in [0.1, 0.15) is 37.9 Å². The van der Waals surface area contributed by atoms with Crippen LogP contribution in [-0.4, -0.2) is 40.0 Å². The summed E-state index contributed by atoms with van der Waals surface area (Å²) in [5.74, 6) is 1.48. The SMILES string of the molecule is Cc1nc(-c2ccc(N3CCCC(NC(=O)C(C)C)C3)nc2)[nH]c(=O)c1C. The van der Waals surface area contributed by atoms with Crippen LogP contribution in [0.5, 0.6) is 0 Å². The maximum atomic E-state index is 12.0. The minimum atomic E-state index is -0.124. The van der Waals surface area contributed by atoms with Gasteiger partial charge >= 0.3 is 0 Å². The quantitative estimate of drug-likeness (QED) is 0.862. The molecular weight excluding hydrogens is 342 g/mol. The molecule has 1 aliphatic rings. The van der Waals surface area contributed by atoms with E-state index < -0.39 is 0 Å². The average molecular weight is 369 g/mol. The van der Waals surface area contributed by atoms with Crippen LogP contribution >= 0.6 is 0 Å². The van der Waals surface area contributed by atoms with Crippen molar-refractivity contribution in [1.82, 2.24) is 20.3 Å². The molecule has 1 atom stereocenters. The fraction of sp³-hybridized carbons (Fsp3) is 0.500. The van der Waals surface area contributed by atoms with Gasteiger partial charge < -0.3 is 15.2 Å². The van der Waals surface area contributed by atoms with Crippen molar-refractivity contribution < 1.29 is 4.79 Å². The molecule has 7 heteroatoms. The molecule has 1 amide bonds. The van der Waals surface area contributed by atoms with Crippen LogP contribution < -0.4 is 15.8 Å². The van der Waals surface area contributed by atoms with E-state index in [2.05, 4.69) is 25.2 Å². The third kappa shape index (κ3) is 4.35. The molecule has 27 heavy (non-hydrogen) atoms. The molecule has 7 nitrogen and oxygen atoms in total. The molecule has 1 aliphatic heterocycles. The summed E-state index contributed by atoms with van der Waals surface area (Å²) < 4.78 is 0. The Morgan fingerprint density at radius 1 is 1.33 bits per heavy atom. The van der Waals surface area contributed by atoms with Crippen molar-refractivity contribution in [1.29, 1.82) is 0 Å². The first-order valence-corrected chi connectivity index (χ1v) is 9.44. The van der Waals surface area contributed by atoms with Crippen molar-refractivity contribution in [2.24, 2.45) is 5.92 Å². The van der Waals surface area contributed by atoms with Crippen LogP contribution in [0, 0.1) is 19.8 Å². The summed E-state index contributed by atoms with van der Waals surface area (Å²) in [5.41, 5.74) is 2.01. The van der Waals surface area contributed by atoms with Gasteiger partial charge in [-0.3, -0.25) is 9.59 Å². The summed E-state index contributed by atoms with van der Waals surface area (Å²) in [5, 5.41) is 3.11. The van der Waals surface area contributed by atoms with E-state index in [1.54, 1.807) is 13.1 Å². The highest BCUT2D eigenvalue weighted by molar-refractivity contribution is 5.78. The summed E-state index contributed by atoms with van der Waals surface area (Å²) in [6.07, 6.45) is 3.73. The highest BCUT2D eigenvalue weighted by Crippen LogP contribution is 2.21. The maximum absolute atomic E-state index is 12.0. The Labute approximate surface area is 159 Å². The number of amides is 1. The van der Waals surface area contributed by atoms with Crippen LogP contribution in [0.15, 0.2) is 23.1 Å². The maximum Gasteiger partial charge on any atom is 0.254 e. The Morgan fingerprint density at radius 2 is 2.11 bits per heavy atom. The number of anilines is 1. The zero-order valence-electron chi connectivity index (χ0n) is 16.4.